The number of benzene rings is 3. The molecule has 0 saturated carbocycles. The Morgan fingerprint density at radius 1 is 0.769 bits per heavy atom. The second kappa shape index (κ2) is 8.34. The number of carbonyl (C=O) groups is 1. The van der Waals surface area contributed by atoms with Crippen LogP contribution >= 0.6 is 0 Å². The molecule has 0 heterocycles. The van der Waals surface area contributed by atoms with E-state index in [1.165, 1.54) is 0 Å². The highest BCUT2D eigenvalue weighted by atomic mass is 16.1. The lowest BCUT2D eigenvalue weighted by Crippen LogP contribution is -2.06. The van der Waals surface area contributed by atoms with Gasteiger partial charge >= 0.3 is 0 Å². The van der Waals surface area contributed by atoms with Crippen molar-refractivity contribution in [2.75, 3.05) is 23.7 Å². The smallest absolute Gasteiger partial charge is 0.193 e. The van der Waals surface area contributed by atoms with E-state index in [1.54, 1.807) is 0 Å². The highest BCUT2D eigenvalue weighted by Gasteiger charge is 2.15. The molecule has 0 amide bonds. The van der Waals surface area contributed by atoms with E-state index in [1.807, 2.05) is 66.7 Å². The predicted molar refractivity (Wildman–Crippen MR) is 110 cm³/mol. The summed E-state index contributed by atoms with van der Waals surface area (Å²) in [6.07, 6.45) is 0. The molecule has 3 heteroatoms. The number of rotatable bonds is 7. The SMILES string of the molecule is CCNc1ccc(C(=O)c2ccc(NCC)cc2-c2ccccc2)cc1. The minimum atomic E-state index is 0.0370. The van der Waals surface area contributed by atoms with Gasteiger partial charge in [0, 0.05) is 35.6 Å². The molecule has 0 fully saturated rings. The molecule has 0 aliphatic carbocycles. The second-order valence-electron chi connectivity index (χ2n) is 6.09. The van der Waals surface area contributed by atoms with Gasteiger partial charge in [-0.3, -0.25) is 4.79 Å². The first-order chi connectivity index (χ1) is 12.7. The van der Waals surface area contributed by atoms with E-state index in [0.29, 0.717) is 11.1 Å². The summed E-state index contributed by atoms with van der Waals surface area (Å²) in [5, 5.41) is 6.58. The van der Waals surface area contributed by atoms with Gasteiger partial charge in [0.1, 0.15) is 0 Å². The zero-order valence-corrected chi connectivity index (χ0v) is 15.3. The van der Waals surface area contributed by atoms with Gasteiger partial charge < -0.3 is 10.6 Å². The van der Waals surface area contributed by atoms with E-state index >= 15 is 0 Å². The van der Waals surface area contributed by atoms with Crippen molar-refractivity contribution in [3.8, 4) is 11.1 Å². The second-order valence-corrected chi connectivity index (χ2v) is 6.09. The van der Waals surface area contributed by atoms with E-state index in [4.69, 9.17) is 0 Å². The molecular weight excluding hydrogens is 320 g/mol. The van der Waals surface area contributed by atoms with E-state index < -0.39 is 0 Å². The topological polar surface area (TPSA) is 41.1 Å². The first-order valence-electron chi connectivity index (χ1n) is 9.05. The Morgan fingerprint density at radius 3 is 2.04 bits per heavy atom. The standard InChI is InChI=1S/C23H24N2O/c1-3-24-19-12-10-18(11-13-19)23(26)21-15-14-20(25-4-2)16-22(21)17-8-6-5-7-9-17/h5-16,24-25H,3-4H2,1-2H3. The zero-order valence-electron chi connectivity index (χ0n) is 15.3. The number of hydrogen-bond donors (Lipinski definition) is 2. The van der Waals surface area contributed by atoms with Crippen LogP contribution in [0.3, 0.4) is 0 Å². The Hall–Kier alpha value is -3.07. The fourth-order valence-corrected chi connectivity index (χ4v) is 3.01. The number of hydrogen-bond acceptors (Lipinski definition) is 3. The molecule has 0 radical (unpaired) electrons. The van der Waals surface area contributed by atoms with Crippen LogP contribution in [0.4, 0.5) is 11.4 Å². The fraction of sp³-hybridized carbons (Fsp3) is 0.174. The monoisotopic (exact) mass is 344 g/mol. The van der Waals surface area contributed by atoms with Gasteiger partial charge in [-0.1, -0.05) is 30.3 Å². The molecular formula is C23H24N2O. The highest BCUT2D eigenvalue weighted by molar-refractivity contribution is 6.13. The Kier molecular flexibility index (Phi) is 5.69. The van der Waals surface area contributed by atoms with E-state index in [9.17, 15) is 4.79 Å². The van der Waals surface area contributed by atoms with E-state index in [2.05, 4.69) is 30.5 Å². The quantitative estimate of drug-likeness (QED) is 0.560. The first kappa shape index (κ1) is 17.7. The summed E-state index contributed by atoms with van der Waals surface area (Å²) in [6, 6.07) is 23.7. The molecule has 3 nitrogen and oxygen atoms in total. The zero-order chi connectivity index (χ0) is 18.4. The molecule has 2 N–H and O–H groups in total. The summed E-state index contributed by atoms with van der Waals surface area (Å²) < 4.78 is 0. The molecule has 0 spiro atoms. The largest absolute Gasteiger partial charge is 0.385 e. The van der Waals surface area contributed by atoms with Gasteiger partial charge in [0.25, 0.3) is 0 Å². The predicted octanol–water partition coefficient (Wildman–Crippen LogP) is 5.45. The van der Waals surface area contributed by atoms with Crippen molar-refractivity contribution in [3.05, 3.63) is 83.9 Å². The van der Waals surface area contributed by atoms with Crippen LogP contribution in [0.1, 0.15) is 29.8 Å². The van der Waals surface area contributed by atoms with E-state index in [-0.39, 0.29) is 5.78 Å². The Bertz CT molecular complexity index is 870. The molecule has 0 aromatic heterocycles. The minimum Gasteiger partial charge on any atom is -0.385 e. The maximum absolute atomic E-state index is 13.1. The fourth-order valence-electron chi connectivity index (χ4n) is 3.01. The maximum Gasteiger partial charge on any atom is 0.193 e. The van der Waals surface area contributed by atoms with E-state index in [0.717, 1.165) is 35.6 Å². The normalized spacial score (nSPS) is 10.4. The van der Waals surface area contributed by atoms with Crippen LogP contribution in [0.2, 0.25) is 0 Å². The van der Waals surface area contributed by atoms with Crippen LogP contribution in [0.15, 0.2) is 72.8 Å². The molecule has 0 saturated heterocycles. The maximum atomic E-state index is 13.1. The van der Waals surface area contributed by atoms with Crippen LogP contribution in [0.25, 0.3) is 11.1 Å². The van der Waals surface area contributed by atoms with Gasteiger partial charge in [-0.2, -0.15) is 0 Å². The molecule has 3 aromatic carbocycles. The lowest BCUT2D eigenvalue weighted by Gasteiger charge is -2.13. The van der Waals surface area contributed by atoms with Gasteiger partial charge in [0.2, 0.25) is 0 Å². The summed E-state index contributed by atoms with van der Waals surface area (Å²) in [6.45, 7) is 5.81. The molecule has 0 atom stereocenters. The van der Waals surface area contributed by atoms with Crippen LogP contribution in [0, 0.1) is 0 Å². The van der Waals surface area contributed by atoms with Crippen molar-refractivity contribution >= 4 is 17.2 Å². The average molecular weight is 344 g/mol. The third kappa shape index (κ3) is 3.94. The summed E-state index contributed by atoms with van der Waals surface area (Å²) in [4.78, 5) is 13.1. The summed E-state index contributed by atoms with van der Waals surface area (Å²) >= 11 is 0. The van der Waals surface area contributed by atoms with Gasteiger partial charge in [-0.05, 0) is 67.4 Å². The minimum absolute atomic E-state index is 0.0370. The molecule has 0 bridgehead atoms. The molecule has 3 rings (SSSR count). The molecule has 3 aromatic rings. The van der Waals surface area contributed by atoms with Crippen molar-refractivity contribution in [1.82, 2.24) is 0 Å². The summed E-state index contributed by atoms with van der Waals surface area (Å²) in [5.41, 5.74) is 5.44. The van der Waals surface area contributed by atoms with Crippen molar-refractivity contribution in [1.29, 1.82) is 0 Å². The number of ketones is 1. The Balaban J connectivity index is 2.01. The molecule has 26 heavy (non-hydrogen) atoms. The Morgan fingerprint density at radius 2 is 1.38 bits per heavy atom. The van der Waals surface area contributed by atoms with Crippen LogP contribution in [-0.4, -0.2) is 18.9 Å². The molecule has 0 unspecified atom stereocenters. The lowest BCUT2D eigenvalue weighted by atomic mass is 9.93. The van der Waals surface area contributed by atoms with Crippen LogP contribution in [0.5, 0.6) is 0 Å². The summed E-state index contributed by atoms with van der Waals surface area (Å²) in [7, 11) is 0. The third-order valence-electron chi connectivity index (χ3n) is 4.26. The number of nitrogens with one attached hydrogen (secondary N) is 2. The first-order valence-corrected chi connectivity index (χ1v) is 9.05. The van der Waals surface area contributed by atoms with Crippen LogP contribution < -0.4 is 10.6 Å². The Labute approximate surface area is 155 Å². The van der Waals surface area contributed by atoms with Crippen molar-refractivity contribution in [3.63, 3.8) is 0 Å². The third-order valence-corrected chi connectivity index (χ3v) is 4.26. The molecule has 132 valence electrons. The van der Waals surface area contributed by atoms with Gasteiger partial charge in [0.05, 0.1) is 0 Å². The lowest BCUT2D eigenvalue weighted by molar-refractivity contribution is 0.103. The molecule has 0 aliphatic heterocycles. The number of carbonyl (C=O) groups excluding carboxylic acids is 1. The van der Waals surface area contributed by atoms with Crippen molar-refractivity contribution in [2.24, 2.45) is 0 Å². The van der Waals surface area contributed by atoms with Crippen molar-refractivity contribution < 1.29 is 4.79 Å². The van der Waals surface area contributed by atoms with Gasteiger partial charge in [0.15, 0.2) is 5.78 Å². The van der Waals surface area contributed by atoms with Crippen molar-refractivity contribution in [2.45, 2.75) is 13.8 Å². The van der Waals surface area contributed by atoms with Crippen LogP contribution in [-0.2, 0) is 0 Å². The molecule has 0 aliphatic rings. The number of anilines is 2. The summed E-state index contributed by atoms with van der Waals surface area (Å²) in [5.74, 6) is 0.0370. The van der Waals surface area contributed by atoms with Gasteiger partial charge in [-0.15, -0.1) is 0 Å². The average Bonchev–Trinajstić information content (AvgIpc) is 2.69. The van der Waals surface area contributed by atoms with Gasteiger partial charge in [-0.25, -0.2) is 0 Å². The highest BCUT2D eigenvalue weighted by Crippen LogP contribution is 2.29.